The van der Waals surface area contributed by atoms with Gasteiger partial charge in [-0.25, -0.2) is 0 Å². The molecule has 9 heteroatoms. The van der Waals surface area contributed by atoms with Crippen LogP contribution in [0.5, 0.6) is 17.2 Å². The second-order valence-electron chi connectivity index (χ2n) is 8.49. The average molecular weight is 479 g/mol. The van der Waals surface area contributed by atoms with Gasteiger partial charge in [-0.3, -0.25) is 14.4 Å². The molecule has 1 aromatic heterocycles. The van der Waals surface area contributed by atoms with Crippen LogP contribution in [-0.2, 0) is 32.0 Å². The first kappa shape index (κ1) is 22.8. The molecule has 2 unspecified atom stereocenters. The molecule has 0 bridgehead atoms. The van der Waals surface area contributed by atoms with Crippen LogP contribution in [0.2, 0.25) is 0 Å². The summed E-state index contributed by atoms with van der Waals surface area (Å²) in [5.74, 6) is 0.398. The van der Waals surface area contributed by atoms with E-state index in [0.29, 0.717) is 51.3 Å². The average Bonchev–Trinajstić information content (AvgIpc) is 3.25. The van der Waals surface area contributed by atoms with Crippen LogP contribution >= 0.6 is 0 Å². The zero-order chi connectivity index (χ0) is 24.9. The number of pyridine rings is 1. The van der Waals surface area contributed by atoms with Crippen molar-refractivity contribution < 1.29 is 33.3 Å². The minimum absolute atomic E-state index is 0.0256. The quantitative estimate of drug-likeness (QED) is 0.524. The van der Waals surface area contributed by atoms with Gasteiger partial charge in [0.15, 0.2) is 23.7 Å². The Balaban J connectivity index is 1.86. The van der Waals surface area contributed by atoms with Gasteiger partial charge in [0, 0.05) is 25.0 Å². The van der Waals surface area contributed by atoms with Crippen LogP contribution in [-0.4, -0.2) is 36.5 Å². The minimum atomic E-state index is -0.962. The summed E-state index contributed by atoms with van der Waals surface area (Å²) in [6, 6.07) is 9.20. The molecule has 9 nitrogen and oxygen atoms in total. The lowest BCUT2D eigenvalue weighted by atomic mass is 9.96. The maximum absolute atomic E-state index is 14.0. The molecule has 0 aliphatic carbocycles. The first-order chi connectivity index (χ1) is 16.8. The van der Waals surface area contributed by atoms with E-state index < -0.39 is 24.1 Å². The third kappa shape index (κ3) is 3.77. The van der Waals surface area contributed by atoms with Crippen molar-refractivity contribution in [3.8, 4) is 28.5 Å². The van der Waals surface area contributed by atoms with E-state index in [2.05, 4.69) is 0 Å². The highest BCUT2D eigenvalue weighted by molar-refractivity contribution is 5.92. The maximum atomic E-state index is 14.0. The number of aromatic nitrogens is 1. The van der Waals surface area contributed by atoms with E-state index in [-0.39, 0.29) is 18.9 Å². The van der Waals surface area contributed by atoms with Gasteiger partial charge in [-0.15, -0.1) is 0 Å². The Hall–Kier alpha value is -4.01. The van der Waals surface area contributed by atoms with E-state index in [0.717, 1.165) is 5.56 Å². The zero-order valence-electron chi connectivity index (χ0n) is 19.9. The molecule has 0 radical (unpaired) electrons. The van der Waals surface area contributed by atoms with Crippen molar-refractivity contribution in [3.63, 3.8) is 0 Å². The molecule has 2 aromatic carbocycles. The highest BCUT2D eigenvalue weighted by Gasteiger charge is 2.37. The number of aryl methyl sites for hydroxylation is 1. The van der Waals surface area contributed by atoms with E-state index in [1.807, 2.05) is 25.1 Å². The van der Waals surface area contributed by atoms with Crippen molar-refractivity contribution in [3.05, 3.63) is 51.8 Å². The number of rotatable bonds is 4. The number of nitrogens with zero attached hydrogens (tertiary/aromatic N) is 1. The Bertz CT molecular complexity index is 1420. The number of benzene rings is 2. The molecule has 0 saturated carbocycles. The van der Waals surface area contributed by atoms with E-state index in [1.165, 1.54) is 21.0 Å². The third-order valence-electron chi connectivity index (χ3n) is 6.34. The van der Waals surface area contributed by atoms with Crippen LogP contribution in [0.1, 0.15) is 38.0 Å². The van der Waals surface area contributed by atoms with E-state index in [1.54, 1.807) is 16.7 Å². The summed E-state index contributed by atoms with van der Waals surface area (Å²) in [5.41, 5.74) is 2.36. The predicted molar refractivity (Wildman–Crippen MR) is 126 cm³/mol. The highest BCUT2D eigenvalue weighted by Crippen LogP contribution is 2.45. The van der Waals surface area contributed by atoms with Gasteiger partial charge in [-0.2, -0.15) is 0 Å². The second kappa shape index (κ2) is 8.65. The molecule has 182 valence electrons. The normalized spacial score (nSPS) is 17.8. The largest absolute Gasteiger partial charge is 0.496 e. The molecule has 2 atom stereocenters. The Labute approximate surface area is 201 Å². The van der Waals surface area contributed by atoms with Gasteiger partial charge in [-0.1, -0.05) is 19.1 Å². The summed E-state index contributed by atoms with van der Waals surface area (Å²) >= 11 is 0. The van der Waals surface area contributed by atoms with Crippen LogP contribution < -0.4 is 19.8 Å². The number of carbonyl (C=O) groups excluding carboxylic acids is 2. The fourth-order valence-corrected chi connectivity index (χ4v) is 4.89. The molecule has 35 heavy (non-hydrogen) atoms. The first-order valence-corrected chi connectivity index (χ1v) is 11.3. The Morgan fingerprint density at radius 3 is 2.43 bits per heavy atom. The number of methoxy groups -OCH3 is 1. The van der Waals surface area contributed by atoms with Gasteiger partial charge in [0.1, 0.15) is 5.75 Å². The molecule has 2 aliphatic rings. The third-order valence-corrected chi connectivity index (χ3v) is 6.34. The molecule has 3 aromatic rings. The number of carbonyl (C=O) groups is 2. The van der Waals surface area contributed by atoms with Gasteiger partial charge in [0.25, 0.3) is 5.56 Å². The topological polar surface area (TPSA) is 102 Å². The molecular weight excluding hydrogens is 454 g/mol. The SMILES string of the molecule is CCc1ccc2cc3n(c(=O)c2c1OC)CC(OC(C)=O)C(OC(C)=O)c1cc2c(cc1-3)OCO2. The van der Waals surface area contributed by atoms with Crippen molar-refractivity contribution in [1.82, 2.24) is 4.57 Å². The van der Waals surface area contributed by atoms with Gasteiger partial charge in [0.05, 0.1) is 24.7 Å². The number of hydrogen-bond donors (Lipinski definition) is 0. The molecule has 0 fully saturated rings. The number of ether oxygens (including phenoxy) is 5. The second-order valence-corrected chi connectivity index (χ2v) is 8.49. The summed E-state index contributed by atoms with van der Waals surface area (Å²) in [6.45, 7) is 4.57. The number of esters is 2. The molecule has 5 rings (SSSR count). The van der Waals surface area contributed by atoms with Gasteiger partial charge >= 0.3 is 11.9 Å². The fraction of sp³-hybridized carbons (Fsp3) is 0.346. The summed E-state index contributed by atoms with van der Waals surface area (Å²) in [4.78, 5) is 38.1. The lowest BCUT2D eigenvalue weighted by molar-refractivity contribution is -0.167. The predicted octanol–water partition coefficient (Wildman–Crippen LogP) is 3.52. The lowest BCUT2D eigenvalue weighted by Crippen LogP contribution is -2.34. The van der Waals surface area contributed by atoms with Crippen molar-refractivity contribution >= 4 is 22.7 Å². The fourth-order valence-electron chi connectivity index (χ4n) is 4.89. The molecule has 0 saturated heterocycles. The van der Waals surface area contributed by atoms with Gasteiger partial charge < -0.3 is 28.3 Å². The van der Waals surface area contributed by atoms with Crippen molar-refractivity contribution in [2.75, 3.05) is 13.9 Å². The maximum Gasteiger partial charge on any atom is 0.303 e. The van der Waals surface area contributed by atoms with Crippen LogP contribution in [0.3, 0.4) is 0 Å². The van der Waals surface area contributed by atoms with Gasteiger partial charge in [0.2, 0.25) is 6.79 Å². The molecule has 0 amide bonds. The molecule has 3 heterocycles. The smallest absolute Gasteiger partial charge is 0.303 e. The Morgan fingerprint density at radius 1 is 1.06 bits per heavy atom. The lowest BCUT2D eigenvalue weighted by Gasteiger charge is -2.25. The Kier molecular flexibility index (Phi) is 5.62. The highest BCUT2D eigenvalue weighted by atomic mass is 16.7. The standard InChI is InChI=1S/C26H25NO8/c1-5-15-6-7-16-8-19-17-9-20-21(33-12-32-20)10-18(17)25(35-14(3)29)22(34-13(2)28)11-27(19)26(30)23(16)24(15)31-4/h6-10,22,25H,5,11-12H2,1-4H3. The van der Waals surface area contributed by atoms with Crippen molar-refractivity contribution in [1.29, 1.82) is 0 Å². The zero-order valence-corrected chi connectivity index (χ0v) is 19.9. The molecule has 2 aliphatic heterocycles. The first-order valence-electron chi connectivity index (χ1n) is 11.3. The summed E-state index contributed by atoms with van der Waals surface area (Å²) in [5, 5.41) is 1.14. The Morgan fingerprint density at radius 2 is 1.77 bits per heavy atom. The minimum Gasteiger partial charge on any atom is -0.496 e. The molecular formula is C26H25NO8. The summed E-state index contributed by atoms with van der Waals surface area (Å²) < 4.78 is 29.6. The van der Waals surface area contributed by atoms with E-state index in [4.69, 9.17) is 23.7 Å². The summed E-state index contributed by atoms with van der Waals surface area (Å²) in [6.07, 6.45) is -1.22. The van der Waals surface area contributed by atoms with Crippen LogP contribution in [0.15, 0.2) is 35.1 Å². The van der Waals surface area contributed by atoms with E-state index >= 15 is 0 Å². The van der Waals surface area contributed by atoms with E-state index in [9.17, 15) is 14.4 Å². The summed E-state index contributed by atoms with van der Waals surface area (Å²) in [7, 11) is 1.54. The molecule has 0 N–H and O–H groups in total. The van der Waals surface area contributed by atoms with Crippen LogP contribution in [0.4, 0.5) is 0 Å². The molecule has 0 spiro atoms. The van der Waals surface area contributed by atoms with Gasteiger partial charge in [-0.05, 0) is 35.6 Å². The van der Waals surface area contributed by atoms with Crippen molar-refractivity contribution in [2.45, 2.75) is 45.9 Å². The number of hydrogen-bond acceptors (Lipinski definition) is 8. The number of fused-ring (bicyclic) bond motifs is 5. The monoisotopic (exact) mass is 479 g/mol. The van der Waals surface area contributed by atoms with Crippen molar-refractivity contribution in [2.24, 2.45) is 0 Å². The van der Waals surface area contributed by atoms with Crippen LogP contribution in [0.25, 0.3) is 22.0 Å². The van der Waals surface area contributed by atoms with Crippen LogP contribution in [0, 0.1) is 0 Å².